The quantitative estimate of drug-likeness (QED) is 0.748. The van der Waals surface area contributed by atoms with E-state index < -0.39 is 0 Å². The Hall–Kier alpha value is -0.420. The van der Waals surface area contributed by atoms with Crippen molar-refractivity contribution < 1.29 is 9.84 Å². The molecule has 0 bridgehead atoms. The molecule has 0 aliphatic carbocycles. The van der Waals surface area contributed by atoms with Crippen LogP contribution >= 0.6 is 11.3 Å². The average molecular weight is 241 g/mol. The molecule has 0 saturated carbocycles. The molecule has 2 N–H and O–H groups in total. The van der Waals surface area contributed by atoms with Gasteiger partial charge in [-0.05, 0) is 48.2 Å². The SMILES string of the molecule is OC(CNCCC1CCCO1)c1ccsc1. The zero-order chi connectivity index (χ0) is 11.2. The minimum absolute atomic E-state index is 0.379. The molecule has 2 heterocycles. The van der Waals surface area contributed by atoms with E-state index in [1.807, 2.05) is 16.8 Å². The first-order chi connectivity index (χ1) is 7.86. The molecule has 0 radical (unpaired) electrons. The summed E-state index contributed by atoms with van der Waals surface area (Å²) in [7, 11) is 0. The third-order valence-corrected chi connectivity index (χ3v) is 3.63. The van der Waals surface area contributed by atoms with Crippen molar-refractivity contribution in [3.05, 3.63) is 22.4 Å². The topological polar surface area (TPSA) is 41.5 Å². The predicted octanol–water partition coefficient (Wildman–Crippen LogP) is 1.94. The maximum Gasteiger partial charge on any atom is 0.0922 e. The van der Waals surface area contributed by atoms with E-state index in [2.05, 4.69) is 5.32 Å². The second-order valence-corrected chi connectivity index (χ2v) is 4.98. The van der Waals surface area contributed by atoms with E-state index in [4.69, 9.17) is 4.74 Å². The van der Waals surface area contributed by atoms with Crippen molar-refractivity contribution >= 4 is 11.3 Å². The zero-order valence-corrected chi connectivity index (χ0v) is 10.2. The summed E-state index contributed by atoms with van der Waals surface area (Å²) in [6.45, 7) is 2.47. The van der Waals surface area contributed by atoms with Crippen LogP contribution in [0.3, 0.4) is 0 Å². The van der Waals surface area contributed by atoms with Gasteiger partial charge in [0, 0.05) is 13.2 Å². The third-order valence-electron chi connectivity index (χ3n) is 2.93. The fourth-order valence-electron chi connectivity index (χ4n) is 1.96. The number of thiophene rings is 1. The number of hydrogen-bond acceptors (Lipinski definition) is 4. The van der Waals surface area contributed by atoms with Gasteiger partial charge in [-0.25, -0.2) is 0 Å². The van der Waals surface area contributed by atoms with E-state index in [1.54, 1.807) is 11.3 Å². The Balaban J connectivity index is 1.57. The molecule has 16 heavy (non-hydrogen) atoms. The van der Waals surface area contributed by atoms with Gasteiger partial charge in [-0.1, -0.05) is 0 Å². The van der Waals surface area contributed by atoms with Crippen molar-refractivity contribution in [2.24, 2.45) is 0 Å². The largest absolute Gasteiger partial charge is 0.387 e. The molecule has 90 valence electrons. The molecule has 1 aliphatic heterocycles. The number of rotatable bonds is 6. The molecule has 0 spiro atoms. The highest BCUT2D eigenvalue weighted by molar-refractivity contribution is 7.07. The second-order valence-electron chi connectivity index (χ2n) is 4.20. The van der Waals surface area contributed by atoms with Crippen LogP contribution in [0, 0.1) is 0 Å². The molecule has 2 unspecified atom stereocenters. The lowest BCUT2D eigenvalue weighted by molar-refractivity contribution is 0.102. The molecule has 1 fully saturated rings. The molecule has 2 rings (SSSR count). The predicted molar refractivity (Wildman–Crippen MR) is 65.7 cm³/mol. The van der Waals surface area contributed by atoms with Gasteiger partial charge in [-0.2, -0.15) is 11.3 Å². The van der Waals surface area contributed by atoms with E-state index in [0.717, 1.165) is 25.1 Å². The first-order valence-electron chi connectivity index (χ1n) is 5.89. The third kappa shape index (κ3) is 3.56. The van der Waals surface area contributed by atoms with Gasteiger partial charge in [0.1, 0.15) is 0 Å². The van der Waals surface area contributed by atoms with Crippen molar-refractivity contribution in [3.63, 3.8) is 0 Å². The Morgan fingerprint density at radius 1 is 1.62 bits per heavy atom. The lowest BCUT2D eigenvalue weighted by Gasteiger charge is -2.12. The van der Waals surface area contributed by atoms with Gasteiger partial charge in [-0.3, -0.25) is 0 Å². The van der Waals surface area contributed by atoms with Gasteiger partial charge in [0.05, 0.1) is 12.2 Å². The summed E-state index contributed by atoms with van der Waals surface area (Å²) < 4.78 is 5.53. The van der Waals surface area contributed by atoms with Crippen LogP contribution in [0.4, 0.5) is 0 Å². The monoisotopic (exact) mass is 241 g/mol. The molecule has 1 saturated heterocycles. The highest BCUT2D eigenvalue weighted by Gasteiger charge is 2.14. The van der Waals surface area contributed by atoms with Gasteiger partial charge in [0.2, 0.25) is 0 Å². The summed E-state index contributed by atoms with van der Waals surface area (Å²) in [6.07, 6.45) is 3.49. The van der Waals surface area contributed by atoms with Crippen LogP contribution in [0.25, 0.3) is 0 Å². The lowest BCUT2D eigenvalue weighted by Crippen LogP contribution is -2.25. The van der Waals surface area contributed by atoms with Gasteiger partial charge in [-0.15, -0.1) is 0 Å². The molecule has 0 aromatic carbocycles. The number of aliphatic hydroxyl groups excluding tert-OH is 1. The van der Waals surface area contributed by atoms with Crippen molar-refractivity contribution in [2.75, 3.05) is 19.7 Å². The summed E-state index contributed by atoms with van der Waals surface area (Å²) in [5, 5.41) is 17.1. The standard InChI is InChI=1S/C12H19NO2S/c14-12(10-4-7-16-9-10)8-13-5-3-11-2-1-6-15-11/h4,7,9,11-14H,1-3,5-6,8H2. The molecular weight excluding hydrogens is 222 g/mol. The van der Waals surface area contributed by atoms with Crippen LogP contribution in [-0.4, -0.2) is 30.9 Å². The van der Waals surface area contributed by atoms with Crippen LogP contribution in [0.1, 0.15) is 30.9 Å². The van der Waals surface area contributed by atoms with Crippen LogP contribution in [0.5, 0.6) is 0 Å². The van der Waals surface area contributed by atoms with Crippen molar-refractivity contribution in [3.8, 4) is 0 Å². The molecule has 4 heteroatoms. The van der Waals surface area contributed by atoms with E-state index in [9.17, 15) is 5.11 Å². The second kappa shape index (κ2) is 6.35. The van der Waals surface area contributed by atoms with E-state index in [0.29, 0.717) is 12.6 Å². The number of nitrogens with one attached hydrogen (secondary N) is 1. The van der Waals surface area contributed by atoms with E-state index >= 15 is 0 Å². The number of hydrogen-bond donors (Lipinski definition) is 2. The first kappa shape index (κ1) is 12.0. The summed E-state index contributed by atoms with van der Waals surface area (Å²) in [5.41, 5.74) is 1.01. The van der Waals surface area contributed by atoms with Gasteiger partial charge in [0.25, 0.3) is 0 Å². The average Bonchev–Trinajstić information content (AvgIpc) is 2.96. The molecule has 1 aromatic rings. The normalized spacial score (nSPS) is 22.4. The zero-order valence-electron chi connectivity index (χ0n) is 9.39. The molecule has 2 atom stereocenters. The minimum Gasteiger partial charge on any atom is -0.387 e. The van der Waals surface area contributed by atoms with E-state index in [1.165, 1.54) is 12.8 Å². The Morgan fingerprint density at radius 3 is 3.25 bits per heavy atom. The molecule has 1 aromatic heterocycles. The molecule has 0 amide bonds. The summed E-state index contributed by atoms with van der Waals surface area (Å²) in [5.74, 6) is 0. The van der Waals surface area contributed by atoms with Gasteiger partial charge in [0.15, 0.2) is 0 Å². The molecular formula is C12H19NO2S. The Labute approximate surface area is 100 Å². The maximum atomic E-state index is 9.81. The van der Waals surface area contributed by atoms with Crippen LogP contribution in [0.15, 0.2) is 16.8 Å². The highest BCUT2D eigenvalue weighted by atomic mass is 32.1. The van der Waals surface area contributed by atoms with Crippen molar-refractivity contribution in [1.29, 1.82) is 0 Å². The lowest BCUT2D eigenvalue weighted by atomic mass is 10.1. The van der Waals surface area contributed by atoms with Crippen LogP contribution < -0.4 is 5.32 Å². The molecule has 3 nitrogen and oxygen atoms in total. The Morgan fingerprint density at radius 2 is 2.56 bits per heavy atom. The van der Waals surface area contributed by atoms with Crippen LogP contribution in [0.2, 0.25) is 0 Å². The Bertz CT molecular complexity index is 283. The van der Waals surface area contributed by atoms with E-state index in [-0.39, 0.29) is 6.10 Å². The number of aliphatic hydroxyl groups is 1. The van der Waals surface area contributed by atoms with Crippen molar-refractivity contribution in [2.45, 2.75) is 31.5 Å². The highest BCUT2D eigenvalue weighted by Crippen LogP contribution is 2.16. The van der Waals surface area contributed by atoms with Crippen LogP contribution in [-0.2, 0) is 4.74 Å². The summed E-state index contributed by atoms with van der Waals surface area (Å²) >= 11 is 1.62. The van der Waals surface area contributed by atoms with Crippen molar-refractivity contribution in [1.82, 2.24) is 5.32 Å². The summed E-state index contributed by atoms with van der Waals surface area (Å²) in [4.78, 5) is 0. The van der Waals surface area contributed by atoms with Gasteiger partial charge >= 0.3 is 0 Å². The van der Waals surface area contributed by atoms with Gasteiger partial charge < -0.3 is 15.2 Å². The first-order valence-corrected chi connectivity index (χ1v) is 6.83. The molecule has 1 aliphatic rings. The maximum absolute atomic E-state index is 9.81. The Kier molecular flexibility index (Phi) is 4.78. The minimum atomic E-state index is -0.379. The number of ether oxygens (including phenoxy) is 1. The smallest absolute Gasteiger partial charge is 0.0922 e. The summed E-state index contributed by atoms with van der Waals surface area (Å²) in [6, 6.07) is 1.97. The fourth-order valence-corrected chi connectivity index (χ4v) is 2.66. The fraction of sp³-hybridized carbons (Fsp3) is 0.667.